The average Bonchev–Trinajstić information content (AvgIpc) is 2.41. The highest BCUT2D eigenvalue weighted by Crippen LogP contribution is 2.19. The van der Waals surface area contributed by atoms with Crippen LogP contribution >= 0.6 is 0 Å². The van der Waals surface area contributed by atoms with Crippen LogP contribution in [-0.4, -0.2) is 17.9 Å². The first-order valence-electron chi connectivity index (χ1n) is 5.78. The molecule has 0 aliphatic rings. The van der Waals surface area contributed by atoms with Crippen LogP contribution in [-0.2, 0) is 6.42 Å². The third-order valence-electron chi connectivity index (χ3n) is 2.92. The second kappa shape index (κ2) is 5.45. The lowest BCUT2D eigenvalue weighted by molar-refractivity contribution is 0.0989. The van der Waals surface area contributed by atoms with Crippen molar-refractivity contribution in [3.63, 3.8) is 0 Å². The minimum Gasteiger partial charge on any atom is -0.494 e. The van der Waals surface area contributed by atoms with E-state index in [1.165, 1.54) is 0 Å². The molecule has 1 aromatic heterocycles. The zero-order valence-electron chi connectivity index (χ0n) is 10.5. The van der Waals surface area contributed by atoms with E-state index >= 15 is 0 Å². The molecule has 2 aromatic rings. The zero-order chi connectivity index (χ0) is 13.0. The van der Waals surface area contributed by atoms with E-state index in [9.17, 15) is 4.79 Å². The molecule has 0 N–H and O–H groups in total. The molecule has 18 heavy (non-hydrogen) atoms. The molecule has 0 saturated carbocycles. The van der Waals surface area contributed by atoms with Crippen molar-refractivity contribution in [2.45, 2.75) is 13.3 Å². The molecule has 0 atom stereocenters. The quantitative estimate of drug-likeness (QED) is 0.773. The number of pyridine rings is 1. The van der Waals surface area contributed by atoms with Crippen molar-refractivity contribution in [3.8, 4) is 5.75 Å². The van der Waals surface area contributed by atoms with Crippen molar-refractivity contribution in [1.29, 1.82) is 0 Å². The van der Waals surface area contributed by atoms with E-state index < -0.39 is 0 Å². The van der Waals surface area contributed by atoms with Crippen LogP contribution in [0.2, 0.25) is 0 Å². The highest BCUT2D eigenvalue weighted by molar-refractivity contribution is 5.99. The van der Waals surface area contributed by atoms with E-state index in [0.717, 1.165) is 11.1 Å². The number of methoxy groups -OCH3 is 1. The molecular weight excluding hydrogens is 226 g/mol. The number of nitrogens with zero attached hydrogens (tertiary/aromatic N) is 1. The van der Waals surface area contributed by atoms with Gasteiger partial charge in [0, 0.05) is 12.6 Å². The number of rotatable bonds is 4. The lowest BCUT2D eigenvalue weighted by Crippen LogP contribution is -2.07. The van der Waals surface area contributed by atoms with E-state index in [2.05, 4.69) is 4.98 Å². The number of benzene rings is 1. The van der Waals surface area contributed by atoms with Crippen LogP contribution in [0.3, 0.4) is 0 Å². The number of ketones is 1. The maximum Gasteiger partial charge on any atom is 0.171 e. The molecule has 0 amide bonds. The maximum atomic E-state index is 12.2. The summed E-state index contributed by atoms with van der Waals surface area (Å²) in [6, 6.07) is 9.59. The Kier molecular flexibility index (Phi) is 3.72. The van der Waals surface area contributed by atoms with Crippen molar-refractivity contribution in [1.82, 2.24) is 4.98 Å². The van der Waals surface area contributed by atoms with Crippen molar-refractivity contribution >= 4 is 5.78 Å². The summed E-state index contributed by atoms with van der Waals surface area (Å²) in [6.45, 7) is 2.01. The topological polar surface area (TPSA) is 39.2 Å². The Labute approximate surface area is 106 Å². The van der Waals surface area contributed by atoms with Gasteiger partial charge in [0.05, 0.1) is 18.9 Å². The molecule has 0 spiro atoms. The summed E-state index contributed by atoms with van der Waals surface area (Å²) in [5.41, 5.74) is 2.75. The fourth-order valence-electron chi connectivity index (χ4n) is 1.85. The lowest BCUT2D eigenvalue weighted by Gasteiger charge is -2.08. The Balaban J connectivity index is 2.25. The van der Waals surface area contributed by atoms with Crippen LogP contribution < -0.4 is 4.74 Å². The number of hydrogen-bond acceptors (Lipinski definition) is 3. The Bertz CT molecular complexity index is 564. The predicted octanol–water partition coefficient (Wildman–Crippen LogP) is 2.82. The van der Waals surface area contributed by atoms with Gasteiger partial charge in [-0.1, -0.05) is 24.3 Å². The first-order chi connectivity index (χ1) is 8.72. The minimum absolute atomic E-state index is 0.0450. The van der Waals surface area contributed by atoms with Crippen molar-refractivity contribution < 1.29 is 9.53 Å². The van der Waals surface area contributed by atoms with Gasteiger partial charge in [-0.05, 0) is 24.1 Å². The summed E-state index contributed by atoms with van der Waals surface area (Å²) < 4.78 is 5.15. The largest absolute Gasteiger partial charge is 0.494 e. The molecule has 1 heterocycles. The van der Waals surface area contributed by atoms with Gasteiger partial charge in [-0.2, -0.15) is 0 Å². The number of carbonyl (C=O) groups is 1. The second-order valence-corrected chi connectivity index (χ2v) is 4.10. The monoisotopic (exact) mass is 241 g/mol. The molecule has 0 aliphatic carbocycles. The fourth-order valence-corrected chi connectivity index (χ4v) is 1.85. The van der Waals surface area contributed by atoms with Gasteiger partial charge in [-0.3, -0.25) is 9.78 Å². The van der Waals surface area contributed by atoms with Gasteiger partial charge < -0.3 is 4.74 Å². The van der Waals surface area contributed by atoms with Crippen molar-refractivity contribution in [3.05, 3.63) is 59.4 Å². The van der Waals surface area contributed by atoms with Crippen molar-refractivity contribution in [2.24, 2.45) is 0 Å². The molecule has 0 bridgehead atoms. The Morgan fingerprint density at radius 2 is 2.06 bits per heavy atom. The molecule has 3 nitrogen and oxygen atoms in total. The Morgan fingerprint density at radius 3 is 2.78 bits per heavy atom. The van der Waals surface area contributed by atoms with E-state index in [1.807, 2.05) is 31.2 Å². The molecule has 0 aliphatic heterocycles. The van der Waals surface area contributed by atoms with E-state index in [4.69, 9.17) is 4.74 Å². The van der Waals surface area contributed by atoms with Gasteiger partial charge >= 0.3 is 0 Å². The van der Waals surface area contributed by atoms with Crippen LogP contribution in [0.25, 0.3) is 0 Å². The molecule has 92 valence electrons. The molecule has 0 radical (unpaired) electrons. The molecule has 0 unspecified atom stereocenters. The number of Topliss-reactive ketones (excluding diaryl/α,β-unsaturated/α-hetero) is 1. The third kappa shape index (κ3) is 2.56. The van der Waals surface area contributed by atoms with Crippen LogP contribution in [0, 0.1) is 6.92 Å². The van der Waals surface area contributed by atoms with Gasteiger partial charge in [0.15, 0.2) is 5.78 Å². The number of aromatic nitrogens is 1. The molecular formula is C15H15NO2. The van der Waals surface area contributed by atoms with Crippen LogP contribution in [0.4, 0.5) is 0 Å². The van der Waals surface area contributed by atoms with Crippen LogP contribution in [0.1, 0.15) is 21.5 Å². The van der Waals surface area contributed by atoms with Gasteiger partial charge in [-0.25, -0.2) is 0 Å². The first-order valence-corrected chi connectivity index (χ1v) is 5.78. The van der Waals surface area contributed by atoms with Crippen LogP contribution in [0.15, 0.2) is 42.7 Å². The fraction of sp³-hybridized carbons (Fsp3) is 0.200. The van der Waals surface area contributed by atoms with Gasteiger partial charge in [-0.15, -0.1) is 0 Å². The highest BCUT2D eigenvalue weighted by Gasteiger charge is 2.13. The average molecular weight is 241 g/mol. The number of hydrogen-bond donors (Lipinski definition) is 0. The number of ether oxygens (including phenoxy) is 1. The summed E-state index contributed by atoms with van der Waals surface area (Å²) in [7, 11) is 1.54. The van der Waals surface area contributed by atoms with Gasteiger partial charge in [0.1, 0.15) is 5.75 Å². The van der Waals surface area contributed by atoms with Crippen molar-refractivity contribution in [2.75, 3.05) is 7.11 Å². The summed E-state index contributed by atoms with van der Waals surface area (Å²) in [6.07, 6.45) is 3.55. The minimum atomic E-state index is 0.0450. The lowest BCUT2D eigenvalue weighted by atomic mass is 10.00. The molecule has 2 rings (SSSR count). The third-order valence-corrected chi connectivity index (χ3v) is 2.92. The zero-order valence-corrected chi connectivity index (χ0v) is 10.5. The molecule has 1 aromatic carbocycles. The van der Waals surface area contributed by atoms with Crippen LogP contribution in [0.5, 0.6) is 5.75 Å². The highest BCUT2D eigenvalue weighted by atomic mass is 16.5. The van der Waals surface area contributed by atoms with E-state index in [0.29, 0.717) is 17.7 Å². The van der Waals surface area contributed by atoms with Gasteiger partial charge in [0.2, 0.25) is 0 Å². The van der Waals surface area contributed by atoms with E-state index in [1.54, 1.807) is 25.6 Å². The summed E-state index contributed by atoms with van der Waals surface area (Å²) >= 11 is 0. The van der Waals surface area contributed by atoms with E-state index in [-0.39, 0.29) is 5.78 Å². The van der Waals surface area contributed by atoms with Gasteiger partial charge in [0.25, 0.3) is 0 Å². The summed E-state index contributed by atoms with van der Waals surface area (Å²) in [4.78, 5) is 16.2. The number of aryl methyl sites for hydroxylation is 1. The molecule has 0 fully saturated rings. The summed E-state index contributed by atoms with van der Waals surface area (Å²) in [5.74, 6) is 0.569. The Morgan fingerprint density at radius 1 is 1.28 bits per heavy atom. The molecule has 0 saturated heterocycles. The number of carbonyl (C=O) groups excluding carboxylic acids is 1. The Hall–Kier alpha value is -2.16. The smallest absolute Gasteiger partial charge is 0.171 e. The molecule has 3 heteroatoms. The second-order valence-electron chi connectivity index (χ2n) is 4.10. The standard InChI is InChI=1S/C15H15NO2/c1-11-5-3-4-6-12(11)9-14(17)13-7-8-16-10-15(13)18-2/h3-8,10H,9H2,1-2H3. The maximum absolute atomic E-state index is 12.2. The SMILES string of the molecule is COc1cnccc1C(=O)Cc1ccccc1C. The summed E-state index contributed by atoms with van der Waals surface area (Å²) in [5, 5.41) is 0. The predicted molar refractivity (Wildman–Crippen MR) is 70.0 cm³/mol. The normalized spacial score (nSPS) is 10.1. The first kappa shape index (κ1) is 12.3.